The highest BCUT2D eigenvalue weighted by atomic mass is 35.5. The van der Waals surface area contributed by atoms with Gasteiger partial charge in [0, 0.05) is 23.4 Å². The molecule has 0 bridgehead atoms. The SMILES string of the molecule is OC(Cc1cccc(F)c1Cl)Cc1c(F)cccc1Cl. The minimum atomic E-state index is -0.899. The Morgan fingerprint density at radius 2 is 1.60 bits per heavy atom. The van der Waals surface area contributed by atoms with Crippen molar-refractivity contribution in [2.75, 3.05) is 0 Å². The molecule has 0 aliphatic heterocycles. The van der Waals surface area contributed by atoms with Gasteiger partial charge in [-0.15, -0.1) is 0 Å². The average Bonchev–Trinajstić information content (AvgIpc) is 2.39. The highest BCUT2D eigenvalue weighted by molar-refractivity contribution is 6.31. The van der Waals surface area contributed by atoms with Crippen LogP contribution in [-0.4, -0.2) is 11.2 Å². The molecule has 1 N–H and O–H groups in total. The van der Waals surface area contributed by atoms with Gasteiger partial charge in [-0.25, -0.2) is 8.78 Å². The molecule has 1 unspecified atom stereocenters. The summed E-state index contributed by atoms with van der Waals surface area (Å²) in [5.41, 5.74) is 0.723. The summed E-state index contributed by atoms with van der Waals surface area (Å²) in [7, 11) is 0. The van der Waals surface area contributed by atoms with Gasteiger partial charge < -0.3 is 5.11 Å². The third kappa shape index (κ3) is 3.48. The van der Waals surface area contributed by atoms with Crippen molar-refractivity contribution in [3.05, 3.63) is 69.2 Å². The maximum absolute atomic E-state index is 13.6. The number of aliphatic hydroxyl groups is 1. The first-order chi connectivity index (χ1) is 9.49. The molecule has 0 aliphatic rings. The monoisotopic (exact) mass is 316 g/mol. The molecule has 1 atom stereocenters. The maximum atomic E-state index is 13.6. The Labute approximate surface area is 125 Å². The summed E-state index contributed by atoms with van der Waals surface area (Å²) in [5, 5.41) is 10.3. The number of hydrogen-bond donors (Lipinski definition) is 1. The number of benzene rings is 2. The Morgan fingerprint density at radius 1 is 0.950 bits per heavy atom. The van der Waals surface area contributed by atoms with Crippen molar-refractivity contribution in [1.82, 2.24) is 0 Å². The van der Waals surface area contributed by atoms with Crippen LogP contribution in [0.25, 0.3) is 0 Å². The second-order valence-electron chi connectivity index (χ2n) is 4.48. The number of halogens is 4. The van der Waals surface area contributed by atoms with Gasteiger partial charge in [-0.2, -0.15) is 0 Å². The summed E-state index contributed by atoms with van der Waals surface area (Å²) in [6, 6.07) is 8.71. The predicted molar refractivity (Wildman–Crippen MR) is 76.2 cm³/mol. The zero-order valence-electron chi connectivity index (χ0n) is 10.4. The summed E-state index contributed by atoms with van der Waals surface area (Å²) in [5.74, 6) is -1.01. The van der Waals surface area contributed by atoms with Crippen LogP contribution in [0.1, 0.15) is 11.1 Å². The number of hydrogen-bond acceptors (Lipinski definition) is 1. The van der Waals surface area contributed by atoms with Gasteiger partial charge in [0.1, 0.15) is 11.6 Å². The lowest BCUT2D eigenvalue weighted by molar-refractivity contribution is 0.174. The van der Waals surface area contributed by atoms with Crippen molar-refractivity contribution in [2.24, 2.45) is 0 Å². The van der Waals surface area contributed by atoms with E-state index in [9.17, 15) is 13.9 Å². The van der Waals surface area contributed by atoms with E-state index in [2.05, 4.69) is 0 Å². The summed E-state index contributed by atoms with van der Waals surface area (Å²) < 4.78 is 26.9. The van der Waals surface area contributed by atoms with E-state index in [0.29, 0.717) is 5.56 Å². The van der Waals surface area contributed by atoms with Gasteiger partial charge in [0.25, 0.3) is 0 Å². The molecule has 1 nitrogen and oxygen atoms in total. The van der Waals surface area contributed by atoms with E-state index in [0.717, 1.165) is 0 Å². The van der Waals surface area contributed by atoms with Gasteiger partial charge in [0.2, 0.25) is 0 Å². The normalized spacial score (nSPS) is 12.4. The molecule has 106 valence electrons. The van der Waals surface area contributed by atoms with Crippen molar-refractivity contribution in [2.45, 2.75) is 18.9 Å². The lowest BCUT2D eigenvalue weighted by atomic mass is 10.0. The molecule has 0 amide bonds. The van der Waals surface area contributed by atoms with E-state index in [1.807, 2.05) is 0 Å². The van der Waals surface area contributed by atoms with E-state index in [1.54, 1.807) is 12.1 Å². The van der Waals surface area contributed by atoms with E-state index >= 15 is 0 Å². The fourth-order valence-corrected chi connectivity index (χ4v) is 2.44. The molecule has 0 fully saturated rings. The first-order valence-electron chi connectivity index (χ1n) is 6.03. The Hall–Kier alpha value is -1.16. The predicted octanol–water partition coefficient (Wildman–Crippen LogP) is 4.42. The molecule has 0 aromatic heterocycles. The van der Waals surface area contributed by atoms with Gasteiger partial charge in [0.15, 0.2) is 0 Å². The minimum absolute atomic E-state index is 0.0221. The lowest BCUT2D eigenvalue weighted by Crippen LogP contribution is -2.15. The molecule has 0 spiro atoms. The van der Waals surface area contributed by atoms with Crippen LogP contribution >= 0.6 is 23.2 Å². The molecule has 0 heterocycles. The van der Waals surface area contributed by atoms with E-state index in [-0.39, 0.29) is 28.5 Å². The highest BCUT2D eigenvalue weighted by Gasteiger charge is 2.15. The van der Waals surface area contributed by atoms with E-state index in [1.165, 1.54) is 24.3 Å². The van der Waals surface area contributed by atoms with Crippen molar-refractivity contribution in [3.8, 4) is 0 Å². The van der Waals surface area contributed by atoms with Crippen LogP contribution in [-0.2, 0) is 12.8 Å². The Balaban J connectivity index is 2.13. The Bertz CT molecular complexity index is 597. The summed E-state index contributed by atoms with van der Waals surface area (Å²) >= 11 is 11.7. The van der Waals surface area contributed by atoms with Gasteiger partial charge in [-0.1, -0.05) is 41.4 Å². The fourth-order valence-electron chi connectivity index (χ4n) is 2.00. The second-order valence-corrected chi connectivity index (χ2v) is 5.26. The third-order valence-electron chi connectivity index (χ3n) is 2.99. The minimum Gasteiger partial charge on any atom is -0.392 e. The zero-order chi connectivity index (χ0) is 14.7. The third-order valence-corrected chi connectivity index (χ3v) is 3.77. The molecule has 0 saturated heterocycles. The fraction of sp³-hybridized carbons (Fsp3) is 0.200. The molecule has 2 aromatic rings. The molecule has 20 heavy (non-hydrogen) atoms. The second kappa shape index (κ2) is 6.53. The summed E-state index contributed by atoms with van der Waals surface area (Å²) in [4.78, 5) is 0. The standard InChI is InChI=1S/C15H12Cl2F2O/c16-12-4-2-5-13(18)11(12)8-10(20)7-9-3-1-6-14(19)15(9)17/h1-6,10,20H,7-8H2. The van der Waals surface area contributed by atoms with Crippen LogP contribution in [0.15, 0.2) is 36.4 Å². The van der Waals surface area contributed by atoms with Crippen molar-refractivity contribution in [3.63, 3.8) is 0 Å². The first kappa shape index (κ1) is 15.2. The first-order valence-corrected chi connectivity index (χ1v) is 6.78. The molecule has 0 saturated carbocycles. The van der Waals surface area contributed by atoms with Crippen LogP contribution in [0.5, 0.6) is 0 Å². The van der Waals surface area contributed by atoms with Gasteiger partial charge in [-0.3, -0.25) is 0 Å². The quantitative estimate of drug-likeness (QED) is 0.885. The zero-order valence-corrected chi connectivity index (χ0v) is 11.9. The summed E-state index contributed by atoms with van der Waals surface area (Å²) in [6.07, 6.45) is -0.733. The summed E-state index contributed by atoms with van der Waals surface area (Å²) in [6.45, 7) is 0. The molecule has 0 aliphatic carbocycles. The van der Waals surface area contributed by atoms with E-state index < -0.39 is 17.7 Å². The van der Waals surface area contributed by atoms with Crippen LogP contribution in [0.2, 0.25) is 10.0 Å². The molecular weight excluding hydrogens is 305 g/mol. The molecule has 2 rings (SSSR count). The smallest absolute Gasteiger partial charge is 0.142 e. The lowest BCUT2D eigenvalue weighted by Gasteiger charge is -2.13. The molecule has 2 aromatic carbocycles. The van der Waals surface area contributed by atoms with Crippen molar-refractivity contribution < 1.29 is 13.9 Å². The van der Waals surface area contributed by atoms with Crippen molar-refractivity contribution in [1.29, 1.82) is 0 Å². The molecule has 0 radical (unpaired) electrons. The maximum Gasteiger partial charge on any atom is 0.142 e. The largest absolute Gasteiger partial charge is 0.392 e. The van der Waals surface area contributed by atoms with Crippen LogP contribution < -0.4 is 0 Å². The number of aliphatic hydroxyl groups excluding tert-OH is 1. The number of rotatable bonds is 4. The van der Waals surface area contributed by atoms with Crippen LogP contribution in [0.3, 0.4) is 0 Å². The molecule has 5 heteroatoms. The van der Waals surface area contributed by atoms with Gasteiger partial charge in [-0.05, 0) is 23.8 Å². The average molecular weight is 317 g/mol. The Kier molecular flexibility index (Phi) is 4.97. The topological polar surface area (TPSA) is 20.2 Å². The van der Waals surface area contributed by atoms with Crippen LogP contribution in [0.4, 0.5) is 8.78 Å². The van der Waals surface area contributed by atoms with Crippen molar-refractivity contribution >= 4 is 23.2 Å². The highest BCUT2D eigenvalue weighted by Crippen LogP contribution is 2.24. The van der Waals surface area contributed by atoms with Gasteiger partial charge in [0.05, 0.1) is 11.1 Å². The van der Waals surface area contributed by atoms with Gasteiger partial charge >= 0.3 is 0 Å². The molecular formula is C15H12Cl2F2O. The van der Waals surface area contributed by atoms with Crippen LogP contribution in [0, 0.1) is 11.6 Å². The Morgan fingerprint density at radius 3 is 2.30 bits per heavy atom. The van der Waals surface area contributed by atoms with E-state index in [4.69, 9.17) is 23.2 Å².